The molecule has 0 radical (unpaired) electrons. The molecule has 0 unspecified atom stereocenters. The van der Waals surface area contributed by atoms with Crippen LogP contribution in [0, 0.1) is 25.5 Å². The Labute approximate surface area is 219 Å². The van der Waals surface area contributed by atoms with Crippen LogP contribution in [0.1, 0.15) is 33.5 Å². The maximum absolute atomic E-state index is 14.2. The minimum Gasteiger partial charge on any atom is -0.485 e. The van der Waals surface area contributed by atoms with Crippen LogP contribution in [0.3, 0.4) is 0 Å². The summed E-state index contributed by atoms with van der Waals surface area (Å²) in [5, 5.41) is 2.82. The lowest BCUT2D eigenvalue weighted by Crippen LogP contribution is -2.23. The van der Waals surface area contributed by atoms with Gasteiger partial charge in [0.15, 0.2) is 26.5 Å². The first-order chi connectivity index (χ1) is 18.1. The van der Waals surface area contributed by atoms with Crippen LogP contribution in [0.4, 0.5) is 8.78 Å². The number of sulfone groups is 1. The lowest BCUT2D eigenvalue weighted by Gasteiger charge is -2.16. The molecule has 0 aliphatic rings. The van der Waals surface area contributed by atoms with Crippen molar-refractivity contribution in [2.75, 3.05) is 0 Å². The summed E-state index contributed by atoms with van der Waals surface area (Å²) in [4.78, 5) is 21.0. The lowest BCUT2D eigenvalue weighted by atomic mass is 10.2. The van der Waals surface area contributed by atoms with Crippen molar-refractivity contribution in [2.45, 2.75) is 44.5 Å². The summed E-state index contributed by atoms with van der Waals surface area (Å²) in [5.41, 5.74) is -0.433. The average Bonchev–Trinajstić information content (AvgIpc) is 3.34. The molecule has 4 rings (SSSR count). The van der Waals surface area contributed by atoms with Gasteiger partial charge in [0.25, 0.3) is 5.56 Å². The molecule has 4 aromatic rings. The molecular formula is C24H22ClF2N5O4S. The number of nitrogens with zero attached hydrogens (tertiary/aromatic N) is 5. The van der Waals surface area contributed by atoms with Crippen LogP contribution in [0.2, 0.25) is 5.02 Å². The minimum atomic E-state index is -3.62. The lowest BCUT2D eigenvalue weighted by molar-refractivity contribution is 0.292. The normalized spacial score (nSPS) is 13.0. The van der Waals surface area contributed by atoms with Gasteiger partial charge in [0, 0.05) is 36.3 Å². The Balaban J connectivity index is 1.76. The molecular weight excluding hydrogens is 528 g/mol. The van der Waals surface area contributed by atoms with Crippen LogP contribution in [0.25, 0.3) is 11.5 Å². The first-order valence-electron chi connectivity index (χ1n) is 11.8. The van der Waals surface area contributed by atoms with Crippen molar-refractivity contribution >= 4 is 21.4 Å². The molecule has 0 aromatic carbocycles. The zero-order chi connectivity index (χ0) is 28.9. The van der Waals surface area contributed by atoms with Gasteiger partial charge in [-0.25, -0.2) is 26.9 Å². The van der Waals surface area contributed by atoms with E-state index < -0.39 is 49.6 Å². The fourth-order valence-corrected chi connectivity index (χ4v) is 4.46. The van der Waals surface area contributed by atoms with Crippen molar-refractivity contribution in [3.63, 3.8) is 0 Å². The van der Waals surface area contributed by atoms with Crippen LogP contribution in [0.15, 0.2) is 52.7 Å². The van der Waals surface area contributed by atoms with Gasteiger partial charge in [0.1, 0.15) is 28.8 Å². The van der Waals surface area contributed by atoms with Crippen LogP contribution >= 0.6 is 11.6 Å². The van der Waals surface area contributed by atoms with E-state index in [0.29, 0.717) is 23.5 Å². The van der Waals surface area contributed by atoms with Gasteiger partial charge in [0.2, 0.25) is 0 Å². The zero-order valence-electron chi connectivity index (χ0n) is 22.0. The molecule has 0 atom stereocenters. The van der Waals surface area contributed by atoms with E-state index >= 15 is 0 Å². The first-order valence-corrected chi connectivity index (χ1v) is 12.8. The third kappa shape index (κ3) is 5.12. The van der Waals surface area contributed by atoms with Crippen molar-refractivity contribution < 1.29 is 24.7 Å². The molecule has 0 saturated carbocycles. The number of hydrogen-bond donors (Lipinski definition) is 0. The van der Waals surface area contributed by atoms with Crippen LogP contribution in [-0.4, -0.2) is 38.0 Å². The van der Waals surface area contributed by atoms with Crippen LogP contribution in [0.5, 0.6) is 5.75 Å². The molecule has 0 bridgehead atoms. The average molecular weight is 552 g/mol. The number of halogens is 3. The van der Waals surface area contributed by atoms with Crippen LogP contribution in [-0.2, 0) is 16.4 Å². The summed E-state index contributed by atoms with van der Waals surface area (Å²) in [6.07, 6.45) is 3.53. The third-order valence-electron chi connectivity index (χ3n) is 5.38. The van der Waals surface area contributed by atoms with Crippen molar-refractivity contribution in [2.24, 2.45) is 0 Å². The van der Waals surface area contributed by atoms with Crippen molar-refractivity contribution in [3.05, 3.63) is 86.8 Å². The highest BCUT2D eigenvalue weighted by molar-refractivity contribution is 7.91. The van der Waals surface area contributed by atoms with Crippen LogP contribution < -0.4 is 10.3 Å². The molecule has 4 heterocycles. The highest BCUT2D eigenvalue weighted by Gasteiger charge is 2.23. The molecule has 0 amide bonds. The van der Waals surface area contributed by atoms with Gasteiger partial charge < -0.3 is 4.74 Å². The number of pyridine rings is 3. The van der Waals surface area contributed by atoms with Crippen molar-refractivity contribution in [3.8, 4) is 17.3 Å². The van der Waals surface area contributed by atoms with Crippen molar-refractivity contribution in [1.29, 1.82) is 0 Å². The van der Waals surface area contributed by atoms with Gasteiger partial charge in [-0.1, -0.05) is 11.6 Å². The van der Waals surface area contributed by atoms with Crippen molar-refractivity contribution in [1.82, 2.24) is 24.3 Å². The molecule has 4 aromatic heterocycles. The molecule has 0 spiro atoms. The van der Waals surface area contributed by atoms with Gasteiger partial charge in [-0.05, 0) is 39.3 Å². The first kappa shape index (κ1) is 23.7. The van der Waals surface area contributed by atoms with E-state index in [2.05, 4.69) is 15.1 Å². The molecule has 194 valence electrons. The van der Waals surface area contributed by atoms with Gasteiger partial charge in [-0.15, -0.1) is 0 Å². The largest absolute Gasteiger partial charge is 0.485 e. The molecule has 0 fully saturated rings. The van der Waals surface area contributed by atoms with E-state index in [9.17, 15) is 22.0 Å². The van der Waals surface area contributed by atoms with Gasteiger partial charge in [-0.3, -0.25) is 14.3 Å². The summed E-state index contributed by atoms with van der Waals surface area (Å²) in [7, 11) is -3.62. The Morgan fingerprint density at radius 3 is 2.57 bits per heavy atom. The Hall–Kier alpha value is -3.64. The predicted molar refractivity (Wildman–Crippen MR) is 132 cm³/mol. The highest BCUT2D eigenvalue weighted by atomic mass is 35.5. The standard InChI is InChI=1S/C24H22ClF2N5O4S/c1-13(2)37(34,35)22-5-6-31(30-22)21-9-19(14(3)10-29-21)32-15(4)7-20(23(25)24(32)33)36-12-18-17(27)8-16(26)11-28-18/h5-11,13H,12H2,1-4H3/i12D2. The molecule has 9 nitrogen and oxygen atoms in total. The SMILES string of the molecule is [2H]C([2H])(Oc1cc(C)n(-c2cc(-n3ccc(S(=O)(=O)C(C)C)n3)ncc2C)c(=O)c1Cl)c1ncc(F)cc1F. The molecule has 0 aliphatic heterocycles. The second-order valence-corrected chi connectivity index (χ2v) is 11.1. The zero-order valence-corrected chi connectivity index (χ0v) is 21.6. The molecule has 13 heteroatoms. The highest BCUT2D eigenvalue weighted by Crippen LogP contribution is 2.26. The van der Waals surface area contributed by atoms with E-state index in [4.69, 9.17) is 19.1 Å². The Kier molecular flexibility index (Phi) is 6.43. The number of aryl methyl sites for hydroxylation is 2. The minimum absolute atomic E-state index is 0.124. The second-order valence-electron chi connectivity index (χ2n) is 8.31. The number of hydrogen-bond acceptors (Lipinski definition) is 7. The summed E-state index contributed by atoms with van der Waals surface area (Å²) in [6, 6.07) is 4.60. The predicted octanol–water partition coefficient (Wildman–Crippen LogP) is 4.12. The summed E-state index contributed by atoms with van der Waals surface area (Å²) < 4.78 is 76.2. The third-order valence-corrected chi connectivity index (χ3v) is 7.77. The summed E-state index contributed by atoms with van der Waals surface area (Å²) in [6.45, 7) is 3.43. The Morgan fingerprint density at radius 2 is 1.89 bits per heavy atom. The molecule has 0 aliphatic carbocycles. The van der Waals surface area contributed by atoms with E-state index in [1.807, 2.05) is 0 Å². The fourth-order valence-electron chi connectivity index (χ4n) is 3.34. The molecule has 0 N–H and O–H groups in total. The Morgan fingerprint density at radius 1 is 1.16 bits per heavy atom. The van der Waals surface area contributed by atoms with E-state index in [1.165, 1.54) is 46.8 Å². The number of aromatic nitrogens is 5. The topological polar surface area (TPSA) is 109 Å². The molecule has 37 heavy (non-hydrogen) atoms. The quantitative estimate of drug-likeness (QED) is 0.340. The maximum Gasteiger partial charge on any atom is 0.277 e. The van der Waals surface area contributed by atoms with Gasteiger partial charge >= 0.3 is 0 Å². The smallest absolute Gasteiger partial charge is 0.277 e. The van der Waals surface area contributed by atoms with E-state index in [1.54, 1.807) is 20.8 Å². The number of ether oxygens (including phenoxy) is 1. The van der Waals surface area contributed by atoms with E-state index in [0.717, 1.165) is 0 Å². The number of rotatable bonds is 7. The monoisotopic (exact) mass is 551 g/mol. The summed E-state index contributed by atoms with van der Waals surface area (Å²) in [5.74, 6) is -2.43. The second kappa shape index (κ2) is 10.0. The van der Waals surface area contributed by atoms with Gasteiger partial charge in [0.05, 0.1) is 19.9 Å². The molecule has 0 saturated heterocycles. The fraction of sp³-hybridized carbons (Fsp3) is 0.250. The van der Waals surface area contributed by atoms with E-state index in [-0.39, 0.29) is 22.3 Å². The Bertz CT molecular complexity index is 1760. The summed E-state index contributed by atoms with van der Waals surface area (Å²) >= 11 is 6.27. The maximum atomic E-state index is 14.2. The van der Waals surface area contributed by atoms with Gasteiger partial charge in [-0.2, -0.15) is 5.10 Å².